The summed E-state index contributed by atoms with van der Waals surface area (Å²) in [5.74, 6) is 1.19. The number of nitriles is 1. The molecule has 1 aliphatic rings. The maximum absolute atomic E-state index is 13.9. The van der Waals surface area contributed by atoms with E-state index in [1.165, 1.54) is 25.3 Å². The van der Waals surface area contributed by atoms with Crippen molar-refractivity contribution in [3.05, 3.63) is 35.1 Å². The van der Waals surface area contributed by atoms with Crippen LogP contribution in [0.1, 0.15) is 50.2 Å². The van der Waals surface area contributed by atoms with Gasteiger partial charge < -0.3 is 10.6 Å². The molecule has 132 valence electrons. The average Bonchev–Trinajstić information content (AvgIpc) is 2.59. The second-order valence-corrected chi connectivity index (χ2v) is 6.11. The third kappa shape index (κ3) is 5.93. The minimum absolute atomic E-state index is 0. The van der Waals surface area contributed by atoms with Crippen molar-refractivity contribution in [2.75, 3.05) is 7.05 Å². The first-order valence-corrected chi connectivity index (χ1v) is 8.32. The van der Waals surface area contributed by atoms with Crippen LogP contribution in [0.25, 0.3) is 0 Å². The van der Waals surface area contributed by atoms with Crippen LogP contribution in [-0.2, 0) is 6.54 Å². The lowest BCUT2D eigenvalue weighted by Crippen LogP contribution is -2.44. The Morgan fingerprint density at radius 1 is 1.33 bits per heavy atom. The Morgan fingerprint density at radius 2 is 2.04 bits per heavy atom. The quantitative estimate of drug-likeness (QED) is 0.420. The summed E-state index contributed by atoms with van der Waals surface area (Å²) in [5, 5.41) is 15.3. The van der Waals surface area contributed by atoms with Gasteiger partial charge in [0.2, 0.25) is 0 Å². The summed E-state index contributed by atoms with van der Waals surface area (Å²) in [4.78, 5) is 4.22. The molecule has 1 aliphatic carbocycles. The highest BCUT2D eigenvalue weighted by molar-refractivity contribution is 14.0. The Kier molecular flexibility index (Phi) is 9.04. The van der Waals surface area contributed by atoms with Gasteiger partial charge >= 0.3 is 0 Å². The monoisotopic (exact) mass is 444 g/mol. The van der Waals surface area contributed by atoms with Gasteiger partial charge in [0, 0.05) is 25.2 Å². The molecule has 2 rings (SSSR count). The highest BCUT2D eigenvalue weighted by Crippen LogP contribution is 2.26. The molecule has 24 heavy (non-hydrogen) atoms. The van der Waals surface area contributed by atoms with Crippen molar-refractivity contribution in [2.24, 2.45) is 10.9 Å². The maximum atomic E-state index is 13.9. The molecule has 0 spiro atoms. The van der Waals surface area contributed by atoms with Crippen LogP contribution in [0.3, 0.4) is 0 Å². The Bertz CT molecular complexity index is 589. The molecule has 0 atom stereocenters. The molecular weight excluding hydrogens is 418 g/mol. The number of nitrogens with one attached hydrogen (secondary N) is 2. The third-order valence-electron chi connectivity index (χ3n) is 4.62. The Balaban J connectivity index is 0.00000288. The van der Waals surface area contributed by atoms with Crippen LogP contribution in [0.2, 0.25) is 0 Å². The van der Waals surface area contributed by atoms with E-state index < -0.39 is 0 Å². The van der Waals surface area contributed by atoms with Gasteiger partial charge in [-0.2, -0.15) is 5.26 Å². The van der Waals surface area contributed by atoms with E-state index in [9.17, 15) is 4.39 Å². The maximum Gasteiger partial charge on any atom is 0.191 e. The van der Waals surface area contributed by atoms with Crippen molar-refractivity contribution >= 4 is 29.9 Å². The molecule has 1 aromatic carbocycles. The van der Waals surface area contributed by atoms with Crippen molar-refractivity contribution in [1.82, 2.24) is 10.6 Å². The molecule has 2 N–H and O–H groups in total. The average molecular weight is 444 g/mol. The van der Waals surface area contributed by atoms with Gasteiger partial charge in [-0.25, -0.2) is 4.39 Å². The van der Waals surface area contributed by atoms with Gasteiger partial charge in [0.1, 0.15) is 5.82 Å². The SMILES string of the molecule is CCC1CCC(NC(=NC)NCc2ccc(C#N)cc2F)CC1.I. The van der Waals surface area contributed by atoms with Gasteiger partial charge in [-0.1, -0.05) is 19.4 Å². The molecular formula is C18H26FIN4. The van der Waals surface area contributed by atoms with E-state index in [2.05, 4.69) is 22.5 Å². The van der Waals surface area contributed by atoms with E-state index in [4.69, 9.17) is 5.26 Å². The first-order valence-electron chi connectivity index (χ1n) is 8.32. The number of hydrogen-bond acceptors (Lipinski definition) is 2. The Labute approximate surface area is 161 Å². The third-order valence-corrected chi connectivity index (χ3v) is 4.62. The topological polar surface area (TPSA) is 60.2 Å². The Hall–Kier alpha value is -1.36. The second kappa shape index (κ2) is 10.5. The van der Waals surface area contributed by atoms with Crippen LogP contribution in [0.15, 0.2) is 23.2 Å². The van der Waals surface area contributed by atoms with Crippen molar-refractivity contribution < 1.29 is 4.39 Å². The molecule has 0 heterocycles. The number of rotatable bonds is 4. The first-order chi connectivity index (χ1) is 11.2. The summed E-state index contributed by atoms with van der Waals surface area (Å²) in [5.41, 5.74) is 0.864. The van der Waals surface area contributed by atoms with Gasteiger partial charge in [0.25, 0.3) is 0 Å². The lowest BCUT2D eigenvalue weighted by molar-refractivity contribution is 0.304. The van der Waals surface area contributed by atoms with Gasteiger partial charge in [0.05, 0.1) is 11.6 Å². The van der Waals surface area contributed by atoms with Crippen LogP contribution in [0, 0.1) is 23.1 Å². The zero-order valence-corrected chi connectivity index (χ0v) is 16.6. The number of aliphatic imine (C=N–C) groups is 1. The molecule has 0 aromatic heterocycles. The van der Waals surface area contributed by atoms with Gasteiger partial charge in [-0.05, 0) is 43.7 Å². The predicted molar refractivity (Wildman–Crippen MR) is 106 cm³/mol. The van der Waals surface area contributed by atoms with Crippen molar-refractivity contribution in [3.63, 3.8) is 0 Å². The highest BCUT2D eigenvalue weighted by atomic mass is 127. The van der Waals surface area contributed by atoms with Crippen molar-refractivity contribution in [2.45, 2.75) is 51.6 Å². The summed E-state index contributed by atoms with van der Waals surface area (Å²) in [6.07, 6.45) is 6.09. The molecule has 0 saturated heterocycles. The van der Waals surface area contributed by atoms with E-state index in [0.29, 0.717) is 29.7 Å². The zero-order chi connectivity index (χ0) is 16.7. The predicted octanol–water partition coefficient (Wildman–Crippen LogP) is 3.95. The van der Waals surface area contributed by atoms with Crippen molar-refractivity contribution in [1.29, 1.82) is 5.26 Å². The van der Waals surface area contributed by atoms with Gasteiger partial charge in [-0.3, -0.25) is 4.99 Å². The summed E-state index contributed by atoms with van der Waals surface area (Å²) < 4.78 is 13.9. The molecule has 1 saturated carbocycles. The lowest BCUT2D eigenvalue weighted by Gasteiger charge is -2.29. The normalized spacial score (nSPS) is 20.7. The highest BCUT2D eigenvalue weighted by Gasteiger charge is 2.20. The fourth-order valence-corrected chi connectivity index (χ4v) is 3.04. The minimum Gasteiger partial charge on any atom is -0.354 e. The Morgan fingerprint density at radius 3 is 2.58 bits per heavy atom. The summed E-state index contributed by atoms with van der Waals surface area (Å²) >= 11 is 0. The van der Waals surface area contributed by atoms with Crippen LogP contribution in [0.4, 0.5) is 4.39 Å². The van der Waals surface area contributed by atoms with Gasteiger partial charge in [-0.15, -0.1) is 24.0 Å². The molecule has 6 heteroatoms. The standard InChI is InChI=1S/C18H25FN4.HI/c1-3-13-5-8-16(9-6-13)23-18(21-2)22-12-15-7-4-14(11-20)10-17(15)19;/h4,7,10,13,16H,3,5-6,8-9,12H2,1-2H3,(H2,21,22,23);1H. The van der Waals surface area contributed by atoms with Crippen LogP contribution < -0.4 is 10.6 Å². The van der Waals surface area contributed by atoms with Crippen LogP contribution in [-0.4, -0.2) is 19.0 Å². The summed E-state index contributed by atoms with van der Waals surface area (Å²) in [7, 11) is 1.72. The lowest BCUT2D eigenvalue weighted by atomic mass is 9.84. The number of nitrogens with zero attached hydrogens (tertiary/aromatic N) is 2. The molecule has 0 unspecified atom stereocenters. The first kappa shape index (κ1) is 20.7. The summed E-state index contributed by atoms with van der Waals surface area (Å²) in [6.45, 7) is 2.60. The fourth-order valence-electron chi connectivity index (χ4n) is 3.04. The second-order valence-electron chi connectivity index (χ2n) is 6.11. The van der Waals surface area contributed by atoms with Crippen LogP contribution in [0.5, 0.6) is 0 Å². The van der Waals surface area contributed by atoms with E-state index in [-0.39, 0.29) is 29.8 Å². The number of hydrogen-bond donors (Lipinski definition) is 2. The molecule has 0 aliphatic heterocycles. The molecule has 1 fully saturated rings. The van der Waals surface area contributed by atoms with E-state index in [1.54, 1.807) is 19.2 Å². The molecule has 0 radical (unpaired) electrons. The van der Waals surface area contributed by atoms with Crippen molar-refractivity contribution in [3.8, 4) is 6.07 Å². The van der Waals surface area contributed by atoms with Crippen LogP contribution >= 0.6 is 24.0 Å². The molecule has 1 aromatic rings. The number of guanidine groups is 1. The van der Waals surface area contributed by atoms with E-state index in [1.807, 2.05) is 6.07 Å². The summed E-state index contributed by atoms with van der Waals surface area (Å²) in [6, 6.07) is 6.91. The fraction of sp³-hybridized carbons (Fsp3) is 0.556. The largest absolute Gasteiger partial charge is 0.354 e. The molecule has 0 bridgehead atoms. The zero-order valence-electron chi connectivity index (χ0n) is 14.3. The van der Waals surface area contributed by atoms with Gasteiger partial charge in [0.15, 0.2) is 5.96 Å². The smallest absolute Gasteiger partial charge is 0.191 e. The molecule has 0 amide bonds. The minimum atomic E-state index is -0.365. The molecule has 4 nitrogen and oxygen atoms in total. The number of halogens is 2. The number of benzene rings is 1. The van der Waals surface area contributed by atoms with E-state index >= 15 is 0 Å². The van der Waals surface area contributed by atoms with E-state index in [0.717, 1.165) is 18.8 Å².